The van der Waals surface area contributed by atoms with Gasteiger partial charge in [-0.15, -0.1) is 0 Å². The first-order valence-corrected chi connectivity index (χ1v) is 9.83. The number of aromatic nitrogens is 2. The smallest absolute Gasteiger partial charge is 0.335 e. The van der Waals surface area contributed by atoms with Crippen LogP contribution < -0.4 is 5.43 Å². The minimum absolute atomic E-state index is 0.0505. The van der Waals surface area contributed by atoms with Crippen LogP contribution in [0.4, 0.5) is 14.5 Å². The van der Waals surface area contributed by atoms with Crippen LogP contribution in [0.2, 0.25) is 0 Å². The minimum atomic E-state index is -1.07. The van der Waals surface area contributed by atoms with E-state index >= 15 is 0 Å². The van der Waals surface area contributed by atoms with Crippen molar-refractivity contribution in [1.29, 1.82) is 0 Å². The molecule has 34 heavy (non-hydrogen) atoms. The molecule has 0 aliphatic heterocycles. The van der Waals surface area contributed by atoms with Gasteiger partial charge >= 0.3 is 11.9 Å². The van der Waals surface area contributed by atoms with Gasteiger partial charge in [-0.1, -0.05) is 0 Å². The van der Waals surface area contributed by atoms with Crippen LogP contribution in [0.15, 0.2) is 78.0 Å². The molecule has 8 nitrogen and oxygen atoms in total. The average Bonchev–Trinajstić information content (AvgIpc) is 3.23. The maximum absolute atomic E-state index is 14.5. The molecule has 1 aromatic heterocycles. The van der Waals surface area contributed by atoms with E-state index in [-0.39, 0.29) is 22.4 Å². The Morgan fingerprint density at radius 2 is 1.53 bits per heavy atom. The standard InChI is InChI=1S/C24H16F2N4O4/c25-17-5-10-20(21(26)11-17)22-16(12-27-28-18-6-1-14(2-7-18)23(31)32)13-30(29-22)19-8-3-15(4-9-19)24(33)34/h1-13,28H,(H,31,32)(H,33,34)/b27-12+. The lowest BCUT2D eigenvalue weighted by Gasteiger charge is -2.03. The zero-order valence-electron chi connectivity index (χ0n) is 17.3. The van der Waals surface area contributed by atoms with Crippen LogP contribution in [0.25, 0.3) is 16.9 Å². The Labute approximate surface area is 191 Å². The van der Waals surface area contributed by atoms with Crippen LogP contribution in [0.1, 0.15) is 26.3 Å². The minimum Gasteiger partial charge on any atom is -0.478 e. The van der Waals surface area contributed by atoms with Gasteiger partial charge in [0, 0.05) is 23.4 Å². The summed E-state index contributed by atoms with van der Waals surface area (Å²) in [5, 5.41) is 26.6. The number of anilines is 1. The summed E-state index contributed by atoms with van der Waals surface area (Å²) in [7, 11) is 0. The Bertz CT molecular complexity index is 1400. The summed E-state index contributed by atoms with van der Waals surface area (Å²) in [6.45, 7) is 0. The third-order valence-corrected chi connectivity index (χ3v) is 4.84. The van der Waals surface area contributed by atoms with Crippen molar-refractivity contribution in [3.63, 3.8) is 0 Å². The molecule has 0 saturated heterocycles. The molecule has 0 aliphatic carbocycles. The number of carbonyl (C=O) groups is 2. The zero-order valence-corrected chi connectivity index (χ0v) is 17.3. The van der Waals surface area contributed by atoms with Crippen LogP contribution in [0.5, 0.6) is 0 Å². The van der Waals surface area contributed by atoms with Gasteiger partial charge in [0.15, 0.2) is 0 Å². The maximum atomic E-state index is 14.5. The fourth-order valence-electron chi connectivity index (χ4n) is 3.13. The van der Waals surface area contributed by atoms with Gasteiger partial charge in [0.2, 0.25) is 0 Å². The molecule has 0 saturated carbocycles. The van der Waals surface area contributed by atoms with Gasteiger partial charge in [-0.2, -0.15) is 10.2 Å². The normalized spacial score (nSPS) is 11.0. The number of rotatable bonds is 7. The first-order chi connectivity index (χ1) is 16.3. The molecular formula is C24H16F2N4O4. The van der Waals surface area contributed by atoms with Gasteiger partial charge in [0.05, 0.1) is 28.7 Å². The van der Waals surface area contributed by atoms with E-state index < -0.39 is 23.6 Å². The number of benzene rings is 3. The molecule has 0 amide bonds. The Balaban J connectivity index is 1.68. The topological polar surface area (TPSA) is 117 Å². The fourth-order valence-corrected chi connectivity index (χ4v) is 3.13. The molecule has 10 heteroatoms. The van der Waals surface area contributed by atoms with Crippen molar-refractivity contribution in [3.05, 3.63) is 101 Å². The molecule has 0 spiro atoms. The summed E-state index contributed by atoms with van der Waals surface area (Å²) in [6, 6.07) is 14.9. The lowest BCUT2D eigenvalue weighted by atomic mass is 10.1. The highest BCUT2D eigenvalue weighted by atomic mass is 19.1. The third kappa shape index (κ3) is 4.80. The highest BCUT2D eigenvalue weighted by molar-refractivity contribution is 5.90. The number of nitrogens with zero attached hydrogens (tertiary/aromatic N) is 3. The third-order valence-electron chi connectivity index (χ3n) is 4.84. The largest absolute Gasteiger partial charge is 0.478 e. The van der Waals surface area contributed by atoms with Crippen LogP contribution in [-0.2, 0) is 0 Å². The number of nitrogens with one attached hydrogen (secondary N) is 1. The molecule has 0 radical (unpaired) electrons. The molecule has 4 aromatic rings. The number of hydrogen-bond acceptors (Lipinski definition) is 5. The quantitative estimate of drug-likeness (QED) is 0.272. The van der Waals surface area contributed by atoms with Crippen molar-refractivity contribution in [1.82, 2.24) is 9.78 Å². The lowest BCUT2D eigenvalue weighted by molar-refractivity contribution is 0.0686. The van der Waals surface area contributed by atoms with Crippen molar-refractivity contribution < 1.29 is 28.6 Å². The van der Waals surface area contributed by atoms with Gasteiger partial charge in [0.25, 0.3) is 0 Å². The molecular weight excluding hydrogens is 446 g/mol. The predicted octanol–water partition coefficient (Wildman–Crippen LogP) is 4.66. The van der Waals surface area contributed by atoms with Gasteiger partial charge < -0.3 is 10.2 Å². The van der Waals surface area contributed by atoms with E-state index in [4.69, 9.17) is 10.2 Å². The van der Waals surface area contributed by atoms with Crippen LogP contribution in [0, 0.1) is 11.6 Å². The van der Waals surface area contributed by atoms with E-state index in [0.29, 0.717) is 16.9 Å². The van der Waals surface area contributed by atoms with E-state index in [9.17, 15) is 18.4 Å². The van der Waals surface area contributed by atoms with Crippen molar-refractivity contribution >= 4 is 23.8 Å². The Morgan fingerprint density at radius 3 is 2.12 bits per heavy atom. The van der Waals surface area contributed by atoms with Crippen molar-refractivity contribution in [2.75, 3.05) is 5.43 Å². The van der Waals surface area contributed by atoms with Gasteiger partial charge in [0.1, 0.15) is 17.3 Å². The van der Waals surface area contributed by atoms with Crippen LogP contribution in [0.3, 0.4) is 0 Å². The van der Waals surface area contributed by atoms with E-state index in [1.165, 1.54) is 53.4 Å². The summed E-state index contributed by atoms with van der Waals surface area (Å²) in [5.74, 6) is -3.66. The summed E-state index contributed by atoms with van der Waals surface area (Å²) >= 11 is 0. The Morgan fingerprint density at radius 1 is 0.912 bits per heavy atom. The van der Waals surface area contributed by atoms with Gasteiger partial charge in [-0.25, -0.2) is 23.1 Å². The van der Waals surface area contributed by atoms with Crippen molar-refractivity contribution in [3.8, 4) is 16.9 Å². The molecule has 0 atom stereocenters. The molecule has 3 aromatic carbocycles. The summed E-state index contributed by atoms with van der Waals surface area (Å²) in [6.07, 6.45) is 2.95. The molecule has 0 fully saturated rings. The SMILES string of the molecule is O=C(O)c1ccc(N/N=C/c2cn(-c3ccc(C(=O)O)cc3)nc2-c2ccc(F)cc2F)cc1. The van der Waals surface area contributed by atoms with Crippen LogP contribution >= 0.6 is 0 Å². The number of halogens is 2. The second-order valence-electron chi connectivity index (χ2n) is 7.11. The Hall–Kier alpha value is -4.86. The zero-order chi connectivity index (χ0) is 24.2. The first kappa shape index (κ1) is 22.3. The van der Waals surface area contributed by atoms with E-state index in [1.807, 2.05) is 0 Å². The Kier molecular flexibility index (Phi) is 6.13. The van der Waals surface area contributed by atoms with E-state index in [1.54, 1.807) is 18.3 Å². The predicted molar refractivity (Wildman–Crippen MR) is 120 cm³/mol. The van der Waals surface area contributed by atoms with Crippen LogP contribution in [-0.4, -0.2) is 38.1 Å². The molecule has 3 N–H and O–H groups in total. The molecule has 4 rings (SSSR count). The summed E-state index contributed by atoms with van der Waals surface area (Å²) in [5.41, 5.74) is 4.64. The number of carboxylic acid groups (broad SMARTS) is 2. The average molecular weight is 462 g/mol. The number of hydrogen-bond donors (Lipinski definition) is 3. The first-order valence-electron chi connectivity index (χ1n) is 9.83. The highest BCUT2D eigenvalue weighted by Crippen LogP contribution is 2.26. The second kappa shape index (κ2) is 9.33. The molecule has 0 unspecified atom stereocenters. The fraction of sp³-hybridized carbons (Fsp3) is 0. The van der Waals surface area contributed by atoms with E-state index in [2.05, 4.69) is 15.6 Å². The van der Waals surface area contributed by atoms with Gasteiger partial charge in [-0.05, 0) is 60.7 Å². The molecule has 170 valence electrons. The molecule has 0 aliphatic rings. The lowest BCUT2D eigenvalue weighted by Crippen LogP contribution is -1.99. The number of carboxylic acids is 2. The maximum Gasteiger partial charge on any atom is 0.335 e. The number of aromatic carboxylic acids is 2. The highest BCUT2D eigenvalue weighted by Gasteiger charge is 2.16. The van der Waals surface area contributed by atoms with Gasteiger partial charge in [-0.3, -0.25) is 5.43 Å². The monoisotopic (exact) mass is 462 g/mol. The van der Waals surface area contributed by atoms with E-state index in [0.717, 1.165) is 12.1 Å². The van der Waals surface area contributed by atoms with Crippen molar-refractivity contribution in [2.45, 2.75) is 0 Å². The second-order valence-corrected chi connectivity index (χ2v) is 7.11. The van der Waals surface area contributed by atoms with Crippen molar-refractivity contribution in [2.24, 2.45) is 5.10 Å². The summed E-state index contributed by atoms with van der Waals surface area (Å²) in [4.78, 5) is 22.1. The molecule has 0 bridgehead atoms. The molecule has 1 heterocycles. The summed E-state index contributed by atoms with van der Waals surface area (Å²) < 4.78 is 29.3. The number of hydrazone groups is 1.